The van der Waals surface area contributed by atoms with Crippen LogP contribution in [0.4, 0.5) is 0 Å². The first kappa shape index (κ1) is 13.1. The van der Waals surface area contributed by atoms with Crippen LogP contribution in [0.3, 0.4) is 0 Å². The summed E-state index contributed by atoms with van der Waals surface area (Å²) in [5.74, 6) is 0. The Kier molecular flexibility index (Phi) is 4.44. The van der Waals surface area contributed by atoms with Crippen LogP contribution >= 0.6 is 0 Å². The smallest absolute Gasteiger partial charge is 0.0881 e. The van der Waals surface area contributed by atoms with Gasteiger partial charge in [0.1, 0.15) is 0 Å². The van der Waals surface area contributed by atoms with Crippen molar-refractivity contribution in [3.8, 4) is 0 Å². The lowest BCUT2D eigenvalue weighted by molar-refractivity contribution is -0.0699. The van der Waals surface area contributed by atoms with Gasteiger partial charge in [-0.1, -0.05) is 20.8 Å². The molecular weight excluding hydrogens is 202 g/mol. The highest BCUT2D eigenvalue weighted by Crippen LogP contribution is 2.25. The summed E-state index contributed by atoms with van der Waals surface area (Å²) in [7, 11) is 1.64. The molecule has 0 fully saturated rings. The number of aliphatic hydroxyl groups excluding tert-OH is 1. The van der Waals surface area contributed by atoms with Gasteiger partial charge in [-0.3, -0.25) is 4.98 Å². The van der Waals surface area contributed by atoms with Crippen LogP contribution < -0.4 is 0 Å². The molecular formula is C13H21NO2. The lowest BCUT2D eigenvalue weighted by Crippen LogP contribution is -2.40. The first-order chi connectivity index (χ1) is 7.45. The molecule has 0 aliphatic heterocycles. The van der Waals surface area contributed by atoms with Crippen LogP contribution in [0.5, 0.6) is 0 Å². The molecule has 1 N–H and O–H groups in total. The summed E-state index contributed by atoms with van der Waals surface area (Å²) < 4.78 is 5.38. The third-order valence-corrected chi connectivity index (χ3v) is 2.65. The lowest BCUT2D eigenvalue weighted by Gasteiger charge is -2.33. The molecule has 1 rings (SSSR count). The standard InChI is InChI=1S/C13H21NO2/c1-13(2,3)12(16-4)11(15)9-10-5-7-14-8-6-10/h5-8,11-12,15H,9H2,1-4H3. The van der Waals surface area contributed by atoms with E-state index in [0.717, 1.165) is 5.56 Å². The Morgan fingerprint density at radius 1 is 1.31 bits per heavy atom. The first-order valence-corrected chi connectivity index (χ1v) is 5.55. The van der Waals surface area contributed by atoms with E-state index < -0.39 is 6.10 Å². The Morgan fingerprint density at radius 2 is 1.88 bits per heavy atom. The summed E-state index contributed by atoms with van der Waals surface area (Å²) in [5.41, 5.74) is 1.01. The van der Waals surface area contributed by atoms with E-state index in [4.69, 9.17) is 4.74 Å². The predicted molar refractivity (Wildman–Crippen MR) is 64.2 cm³/mol. The zero-order valence-electron chi connectivity index (χ0n) is 10.5. The fourth-order valence-electron chi connectivity index (χ4n) is 1.96. The minimum atomic E-state index is -0.493. The Morgan fingerprint density at radius 3 is 2.31 bits per heavy atom. The third-order valence-electron chi connectivity index (χ3n) is 2.65. The SMILES string of the molecule is COC(C(O)Cc1ccncc1)C(C)(C)C. The van der Waals surface area contributed by atoms with Crippen molar-refractivity contribution in [1.82, 2.24) is 4.98 Å². The molecule has 3 nitrogen and oxygen atoms in total. The lowest BCUT2D eigenvalue weighted by atomic mass is 9.84. The van der Waals surface area contributed by atoms with Crippen molar-refractivity contribution in [2.75, 3.05) is 7.11 Å². The largest absolute Gasteiger partial charge is 0.390 e. The van der Waals surface area contributed by atoms with Crippen LogP contribution in [-0.2, 0) is 11.2 Å². The molecule has 1 heterocycles. The minimum absolute atomic E-state index is 0.0683. The average molecular weight is 223 g/mol. The molecule has 0 aromatic carbocycles. The highest BCUT2D eigenvalue weighted by Gasteiger charge is 2.31. The molecule has 0 saturated carbocycles. The number of aliphatic hydroxyl groups is 1. The van der Waals surface area contributed by atoms with Crippen LogP contribution in [0, 0.1) is 5.41 Å². The van der Waals surface area contributed by atoms with Crippen molar-refractivity contribution in [2.45, 2.75) is 39.4 Å². The van der Waals surface area contributed by atoms with E-state index >= 15 is 0 Å². The zero-order chi connectivity index (χ0) is 12.2. The molecule has 90 valence electrons. The quantitative estimate of drug-likeness (QED) is 0.849. The van der Waals surface area contributed by atoms with Crippen LogP contribution in [0.2, 0.25) is 0 Å². The zero-order valence-corrected chi connectivity index (χ0v) is 10.5. The minimum Gasteiger partial charge on any atom is -0.390 e. The molecule has 16 heavy (non-hydrogen) atoms. The summed E-state index contributed by atoms with van der Waals surface area (Å²) in [4.78, 5) is 3.95. The Balaban J connectivity index is 2.67. The molecule has 2 unspecified atom stereocenters. The van der Waals surface area contributed by atoms with Gasteiger partial charge in [-0.05, 0) is 23.1 Å². The fraction of sp³-hybridized carbons (Fsp3) is 0.615. The van der Waals surface area contributed by atoms with E-state index in [1.807, 2.05) is 12.1 Å². The Hall–Kier alpha value is -0.930. The van der Waals surface area contributed by atoms with Gasteiger partial charge in [0.05, 0.1) is 12.2 Å². The molecule has 0 bridgehead atoms. The molecule has 0 aliphatic carbocycles. The number of ether oxygens (including phenoxy) is 1. The monoisotopic (exact) mass is 223 g/mol. The van der Waals surface area contributed by atoms with E-state index in [1.165, 1.54) is 0 Å². The number of methoxy groups -OCH3 is 1. The normalized spacial score (nSPS) is 15.8. The second kappa shape index (κ2) is 5.41. The van der Waals surface area contributed by atoms with Crippen LogP contribution in [0.1, 0.15) is 26.3 Å². The number of hydrogen-bond donors (Lipinski definition) is 1. The molecule has 0 spiro atoms. The number of hydrogen-bond acceptors (Lipinski definition) is 3. The van der Waals surface area contributed by atoms with Gasteiger partial charge in [0.2, 0.25) is 0 Å². The topological polar surface area (TPSA) is 42.4 Å². The van der Waals surface area contributed by atoms with Crippen molar-refractivity contribution in [3.63, 3.8) is 0 Å². The number of aromatic nitrogens is 1. The summed E-state index contributed by atoms with van der Waals surface area (Å²) in [6.07, 6.45) is 3.41. The van der Waals surface area contributed by atoms with Gasteiger partial charge in [0, 0.05) is 25.9 Å². The van der Waals surface area contributed by atoms with Gasteiger partial charge < -0.3 is 9.84 Å². The van der Waals surface area contributed by atoms with Crippen molar-refractivity contribution >= 4 is 0 Å². The van der Waals surface area contributed by atoms with E-state index in [2.05, 4.69) is 25.8 Å². The summed E-state index contributed by atoms with van der Waals surface area (Å²) in [6.45, 7) is 6.20. The van der Waals surface area contributed by atoms with Gasteiger partial charge in [-0.15, -0.1) is 0 Å². The highest BCUT2D eigenvalue weighted by molar-refractivity contribution is 5.11. The van der Waals surface area contributed by atoms with Crippen molar-refractivity contribution in [3.05, 3.63) is 30.1 Å². The van der Waals surface area contributed by atoms with Crippen molar-refractivity contribution in [1.29, 1.82) is 0 Å². The second-order valence-electron chi connectivity index (χ2n) is 5.15. The molecule has 1 aromatic heterocycles. The van der Waals surface area contributed by atoms with Gasteiger partial charge >= 0.3 is 0 Å². The number of pyridine rings is 1. The highest BCUT2D eigenvalue weighted by atomic mass is 16.5. The first-order valence-electron chi connectivity index (χ1n) is 5.55. The van der Waals surface area contributed by atoms with Crippen molar-refractivity contribution < 1.29 is 9.84 Å². The third kappa shape index (κ3) is 3.58. The molecule has 0 amide bonds. The van der Waals surface area contributed by atoms with Crippen molar-refractivity contribution in [2.24, 2.45) is 5.41 Å². The Bertz CT molecular complexity index is 305. The van der Waals surface area contributed by atoms with E-state index in [0.29, 0.717) is 6.42 Å². The summed E-state index contributed by atoms with van der Waals surface area (Å²) in [6, 6.07) is 3.83. The van der Waals surface area contributed by atoms with Gasteiger partial charge in [-0.2, -0.15) is 0 Å². The number of rotatable bonds is 4. The van der Waals surface area contributed by atoms with Crippen LogP contribution in [-0.4, -0.2) is 29.4 Å². The summed E-state index contributed by atoms with van der Waals surface area (Å²) in [5, 5.41) is 10.2. The Labute approximate surface area is 97.5 Å². The molecule has 1 aromatic rings. The summed E-state index contributed by atoms with van der Waals surface area (Å²) >= 11 is 0. The van der Waals surface area contributed by atoms with Gasteiger partial charge in [0.15, 0.2) is 0 Å². The fourth-order valence-corrected chi connectivity index (χ4v) is 1.96. The molecule has 2 atom stereocenters. The maximum atomic E-state index is 10.2. The van der Waals surface area contributed by atoms with Gasteiger partial charge in [0.25, 0.3) is 0 Å². The molecule has 0 saturated heterocycles. The molecule has 3 heteroatoms. The average Bonchev–Trinajstić information content (AvgIpc) is 2.17. The van der Waals surface area contributed by atoms with E-state index in [1.54, 1.807) is 19.5 Å². The second-order valence-corrected chi connectivity index (χ2v) is 5.15. The van der Waals surface area contributed by atoms with Crippen LogP contribution in [0.15, 0.2) is 24.5 Å². The maximum absolute atomic E-state index is 10.2. The molecule has 0 radical (unpaired) electrons. The van der Waals surface area contributed by atoms with E-state index in [9.17, 15) is 5.11 Å². The van der Waals surface area contributed by atoms with Crippen LogP contribution in [0.25, 0.3) is 0 Å². The maximum Gasteiger partial charge on any atom is 0.0881 e. The number of nitrogens with zero attached hydrogens (tertiary/aromatic N) is 1. The van der Waals surface area contributed by atoms with E-state index in [-0.39, 0.29) is 11.5 Å². The predicted octanol–water partition coefficient (Wildman–Crippen LogP) is 2.05. The molecule has 0 aliphatic rings. The van der Waals surface area contributed by atoms with Gasteiger partial charge in [-0.25, -0.2) is 0 Å².